The van der Waals surface area contributed by atoms with Gasteiger partial charge in [0, 0.05) is 28.0 Å². The third kappa shape index (κ3) is 4.43. The number of nitrogens with zero attached hydrogens (tertiary/aromatic N) is 2. The van der Waals surface area contributed by atoms with E-state index in [-0.39, 0.29) is 11.3 Å². The van der Waals surface area contributed by atoms with Gasteiger partial charge >= 0.3 is 11.9 Å². The number of hydrogen-bond acceptors (Lipinski definition) is 5. The fraction of sp³-hybridized carbons (Fsp3) is 0.192. The lowest BCUT2D eigenvalue weighted by Crippen LogP contribution is -2.16. The smallest absolute Gasteiger partial charge is 0.335 e. The maximum absolute atomic E-state index is 12.5. The summed E-state index contributed by atoms with van der Waals surface area (Å²) >= 11 is 0. The number of amides is 1. The number of hydrogen-bond donors (Lipinski definition) is 2. The Hall–Kier alpha value is -4.33. The number of carbonyl (C=O) groups excluding carboxylic acids is 1. The van der Waals surface area contributed by atoms with Crippen molar-refractivity contribution in [3.8, 4) is 11.4 Å². The van der Waals surface area contributed by atoms with Gasteiger partial charge in [-0.05, 0) is 81.8 Å². The van der Waals surface area contributed by atoms with Gasteiger partial charge in [-0.1, -0.05) is 0 Å². The van der Waals surface area contributed by atoms with Gasteiger partial charge in [-0.3, -0.25) is 4.79 Å². The number of aromatic nitrogens is 1. The van der Waals surface area contributed by atoms with Crippen molar-refractivity contribution in [3.63, 3.8) is 0 Å². The van der Waals surface area contributed by atoms with Crippen LogP contribution in [0.5, 0.6) is 5.75 Å². The molecule has 0 aliphatic rings. The minimum atomic E-state index is -0.960. The average Bonchev–Trinajstić information content (AvgIpc) is 3.34. The molecule has 34 heavy (non-hydrogen) atoms. The number of ether oxygens (including phenoxy) is 1. The molecule has 0 fully saturated rings. The maximum Gasteiger partial charge on any atom is 0.335 e. The molecule has 0 saturated carbocycles. The van der Waals surface area contributed by atoms with Gasteiger partial charge in [-0.2, -0.15) is 5.10 Å². The highest BCUT2D eigenvalue weighted by Crippen LogP contribution is 2.25. The Morgan fingerprint density at radius 1 is 1.12 bits per heavy atom. The summed E-state index contributed by atoms with van der Waals surface area (Å²) in [6.07, 6.45) is 1.58. The van der Waals surface area contributed by atoms with Crippen LogP contribution in [-0.2, 0) is 0 Å². The van der Waals surface area contributed by atoms with Crippen molar-refractivity contribution in [1.29, 1.82) is 0 Å². The zero-order valence-electron chi connectivity index (χ0n) is 19.4. The van der Waals surface area contributed by atoms with Crippen molar-refractivity contribution in [2.45, 2.75) is 27.7 Å². The number of rotatable bonds is 7. The molecular weight excluding hydrogens is 434 g/mol. The van der Waals surface area contributed by atoms with E-state index in [2.05, 4.69) is 10.5 Å². The van der Waals surface area contributed by atoms with Crippen molar-refractivity contribution >= 4 is 29.1 Å². The topological polar surface area (TPSA) is 106 Å². The molecule has 4 aromatic rings. The van der Waals surface area contributed by atoms with E-state index < -0.39 is 11.9 Å². The van der Waals surface area contributed by atoms with E-state index in [1.807, 2.05) is 44.4 Å². The molecular formula is C26H25N3O5. The summed E-state index contributed by atoms with van der Waals surface area (Å²) < 4.78 is 13.1. The van der Waals surface area contributed by atoms with Crippen LogP contribution in [0.25, 0.3) is 16.7 Å². The number of carboxylic acid groups (broad SMARTS) is 1. The number of benzene rings is 2. The van der Waals surface area contributed by atoms with E-state index in [1.165, 1.54) is 0 Å². The monoisotopic (exact) mass is 459 g/mol. The normalized spacial score (nSPS) is 11.3. The minimum Gasteiger partial charge on any atom is -0.494 e. The van der Waals surface area contributed by atoms with Gasteiger partial charge in [-0.15, -0.1) is 0 Å². The van der Waals surface area contributed by atoms with Gasteiger partial charge in [0.2, 0.25) is 0 Å². The van der Waals surface area contributed by atoms with Crippen molar-refractivity contribution in [2.24, 2.45) is 5.10 Å². The van der Waals surface area contributed by atoms with Crippen LogP contribution in [-0.4, -0.2) is 34.4 Å². The molecule has 2 aromatic carbocycles. The molecule has 4 rings (SSSR count). The van der Waals surface area contributed by atoms with Gasteiger partial charge < -0.3 is 18.8 Å². The summed E-state index contributed by atoms with van der Waals surface area (Å²) in [5, 5.41) is 14.1. The predicted octanol–water partition coefficient (Wildman–Crippen LogP) is 5.01. The van der Waals surface area contributed by atoms with Crippen LogP contribution in [0.3, 0.4) is 0 Å². The molecule has 8 nitrogen and oxygen atoms in total. The largest absolute Gasteiger partial charge is 0.494 e. The third-order valence-electron chi connectivity index (χ3n) is 5.55. The highest BCUT2D eigenvalue weighted by molar-refractivity contribution is 5.97. The Labute approximate surface area is 196 Å². The Kier molecular flexibility index (Phi) is 6.23. The standard InChI is InChI=1S/C26H25N3O5/c1-5-33-21-7-9-23-19(12-21)13-24(34-23)25(30)28-27-14-20-11-16(3)29(17(20)4)22-8-6-18(26(31)32)10-15(22)2/h6-14H,5H2,1-4H3,(H,28,30)(H,31,32)/b27-14+. The first-order valence-electron chi connectivity index (χ1n) is 10.8. The minimum absolute atomic E-state index is 0.153. The number of aromatic carboxylic acids is 1. The SMILES string of the molecule is CCOc1ccc2oc(C(=O)N/N=C/c3cc(C)n(-c4ccc(C(=O)O)cc4C)c3C)cc2c1. The molecule has 174 valence electrons. The zero-order valence-corrected chi connectivity index (χ0v) is 19.4. The van der Waals surface area contributed by atoms with E-state index in [4.69, 9.17) is 9.15 Å². The molecule has 2 N–H and O–H groups in total. The summed E-state index contributed by atoms with van der Waals surface area (Å²) in [5.74, 6) is -0.554. The third-order valence-corrected chi connectivity index (χ3v) is 5.55. The van der Waals surface area contributed by atoms with Crippen LogP contribution in [0.1, 0.15) is 50.4 Å². The lowest BCUT2D eigenvalue weighted by Gasteiger charge is -2.13. The van der Waals surface area contributed by atoms with E-state index in [1.54, 1.807) is 42.6 Å². The fourth-order valence-corrected chi connectivity index (χ4v) is 3.93. The predicted molar refractivity (Wildman–Crippen MR) is 129 cm³/mol. The van der Waals surface area contributed by atoms with Gasteiger partial charge in [0.05, 0.1) is 18.4 Å². The number of nitrogens with one attached hydrogen (secondary N) is 1. The van der Waals surface area contributed by atoms with Crippen LogP contribution in [0.2, 0.25) is 0 Å². The number of fused-ring (bicyclic) bond motifs is 1. The summed E-state index contributed by atoms with van der Waals surface area (Å²) in [5.41, 5.74) is 7.76. The molecule has 0 atom stereocenters. The summed E-state index contributed by atoms with van der Waals surface area (Å²) in [7, 11) is 0. The summed E-state index contributed by atoms with van der Waals surface area (Å²) in [4.78, 5) is 23.8. The molecule has 0 aliphatic carbocycles. The first kappa shape index (κ1) is 22.8. The van der Waals surface area contributed by atoms with E-state index in [0.29, 0.717) is 17.9 Å². The first-order valence-corrected chi connectivity index (χ1v) is 10.8. The van der Waals surface area contributed by atoms with Gasteiger partial charge in [-0.25, -0.2) is 10.2 Å². The average molecular weight is 460 g/mol. The maximum atomic E-state index is 12.5. The molecule has 0 saturated heterocycles. The molecule has 0 radical (unpaired) electrons. The van der Waals surface area contributed by atoms with Crippen LogP contribution >= 0.6 is 0 Å². The lowest BCUT2D eigenvalue weighted by atomic mass is 10.1. The van der Waals surface area contributed by atoms with Crippen LogP contribution in [0, 0.1) is 20.8 Å². The molecule has 0 unspecified atom stereocenters. The fourth-order valence-electron chi connectivity index (χ4n) is 3.93. The highest BCUT2D eigenvalue weighted by atomic mass is 16.5. The number of hydrazone groups is 1. The second kappa shape index (κ2) is 9.27. The molecule has 0 aliphatic heterocycles. The zero-order chi connectivity index (χ0) is 24.4. The molecule has 1 amide bonds. The van der Waals surface area contributed by atoms with Crippen LogP contribution in [0.15, 0.2) is 58.0 Å². The summed E-state index contributed by atoms with van der Waals surface area (Å²) in [6, 6.07) is 14.0. The molecule has 0 spiro atoms. The molecule has 2 aromatic heterocycles. The number of carbonyl (C=O) groups is 2. The van der Waals surface area contributed by atoms with Crippen LogP contribution in [0.4, 0.5) is 0 Å². The second-order valence-electron chi connectivity index (χ2n) is 7.91. The molecule has 8 heteroatoms. The highest BCUT2D eigenvalue weighted by Gasteiger charge is 2.15. The Bertz CT molecular complexity index is 1430. The van der Waals surface area contributed by atoms with Crippen LogP contribution < -0.4 is 10.2 Å². The van der Waals surface area contributed by atoms with E-state index >= 15 is 0 Å². The van der Waals surface area contributed by atoms with Crippen molar-refractivity contribution in [2.75, 3.05) is 6.61 Å². The van der Waals surface area contributed by atoms with Crippen molar-refractivity contribution in [3.05, 3.63) is 82.4 Å². The Balaban J connectivity index is 1.52. The first-order chi connectivity index (χ1) is 16.3. The number of aryl methyl sites for hydroxylation is 2. The van der Waals surface area contributed by atoms with E-state index in [0.717, 1.165) is 33.6 Å². The van der Waals surface area contributed by atoms with Gasteiger partial charge in [0.15, 0.2) is 5.76 Å². The van der Waals surface area contributed by atoms with Crippen molar-refractivity contribution < 1.29 is 23.8 Å². The van der Waals surface area contributed by atoms with E-state index in [9.17, 15) is 14.7 Å². The van der Waals surface area contributed by atoms with Gasteiger partial charge in [0.1, 0.15) is 11.3 Å². The van der Waals surface area contributed by atoms with Crippen molar-refractivity contribution in [1.82, 2.24) is 9.99 Å². The Morgan fingerprint density at radius 2 is 1.91 bits per heavy atom. The summed E-state index contributed by atoms with van der Waals surface area (Å²) in [6.45, 7) is 8.23. The molecule has 0 bridgehead atoms. The number of furan rings is 1. The van der Waals surface area contributed by atoms with Gasteiger partial charge in [0.25, 0.3) is 0 Å². The molecule has 2 heterocycles. The lowest BCUT2D eigenvalue weighted by molar-refractivity contribution is 0.0696. The second-order valence-corrected chi connectivity index (χ2v) is 7.91. The Morgan fingerprint density at radius 3 is 2.62 bits per heavy atom. The number of carboxylic acids is 1. The quantitative estimate of drug-likeness (QED) is 0.298.